The number of rotatable bonds is 4. The van der Waals surface area contributed by atoms with E-state index in [1.165, 1.54) is 38.5 Å². The monoisotopic (exact) mass is 263 g/mol. The molecule has 6 heteroatoms. The summed E-state index contributed by atoms with van der Waals surface area (Å²) in [4.78, 5) is 14.8. The first-order chi connectivity index (χ1) is 9.17. The van der Waals surface area contributed by atoms with Gasteiger partial charge in [-0.1, -0.05) is 6.42 Å². The first-order valence-electron chi connectivity index (χ1n) is 6.63. The molecule has 0 aliphatic heterocycles. The van der Waals surface area contributed by atoms with Crippen LogP contribution in [0, 0.1) is 22.0 Å². The van der Waals surface area contributed by atoms with Crippen molar-refractivity contribution in [2.75, 3.05) is 12.4 Å². The molecule has 0 amide bonds. The summed E-state index contributed by atoms with van der Waals surface area (Å²) in [6.07, 6.45) is 4.87. The average molecular weight is 263 g/mol. The molecule has 0 radical (unpaired) electrons. The van der Waals surface area contributed by atoms with Crippen LogP contribution in [-0.2, 0) is 0 Å². The molecule has 3 atom stereocenters. The third kappa shape index (κ3) is 2.22. The summed E-state index contributed by atoms with van der Waals surface area (Å²) in [5.41, 5.74) is 0.0172. The van der Waals surface area contributed by atoms with Gasteiger partial charge in [-0.25, -0.2) is 0 Å². The second-order valence-corrected chi connectivity index (χ2v) is 5.40. The molecule has 0 aromatic carbocycles. The van der Waals surface area contributed by atoms with E-state index in [2.05, 4.69) is 10.3 Å². The Morgan fingerprint density at radius 2 is 2.26 bits per heavy atom. The van der Waals surface area contributed by atoms with Crippen LogP contribution >= 0.6 is 0 Å². The van der Waals surface area contributed by atoms with Gasteiger partial charge in [0.05, 0.1) is 12.0 Å². The predicted octanol–water partition coefficient (Wildman–Crippen LogP) is 2.60. The van der Waals surface area contributed by atoms with Crippen LogP contribution in [-0.4, -0.2) is 23.1 Å². The molecule has 2 bridgehead atoms. The number of hydrogen-bond donors (Lipinski definition) is 1. The molecule has 1 heterocycles. The van der Waals surface area contributed by atoms with Gasteiger partial charge in [-0.3, -0.25) is 10.1 Å². The molecule has 0 saturated heterocycles. The minimum absolute atomic E-state index is 0.0172. The number of fused-ring (bicyclic) bond motifs is 2. The fourth-order valence-corrected chi connectivity index (χ4v) is 3.40. The van der Waals surface area contributed by atoms with Gasteiger partial charge in [-0.15, -0.1) is 0 Å². The van der Waals surface area contributed by atoms with Crippen LogP contribution in [0.2, 0.25) is 0 Å². The number of methoxy groups -OCH3 is 1. The van der Waals surface area contributed by atoms with E-state index >= 15 is 0 Å². The normalized spacial score (nSPS) is 28.4. The number of nitro groups is 1. The number of anilines is 1. The van der Waals surface area contributed by atoms with Crippen molar-refractivity contribution in [3.63, 3.8) is 0 Å². The third-order valence-corrected chi connectivity index (χ3v) is 4.31. The second kappa shape index (κ2) is 4.68. The van der Waals surface area contributed by atoms with Crippen LogP contribution in [0.15, 0.2) is 12.1 Å². The molecule has 1 aromatic rings. The molecular weight excluding hydrogens is 246 g/mol. The Bertz CT molecular complexity index is 506. The molecule has 102 valence electrons. The SMILES string of the molecule is COc1ccc([N+](=O)[O-])c(NC2CC3CCC2C3)n1. The number of ether oxygens (including phenoxy) is 1. The fourth-order valence-electron chi connectivity index (χ4n) is 3.40. The van der Waals surface area contributed by atoms with Crippen molar-refractivity contribution in [2.24, 2.45) is 11.8 Å². The Balaban J connectivity index is 1.84. The summed E-state index contributed by atoms with van der Waals surface area (Å²) in [5.74, 6) is 2.16. The van der Waals surface area contributed by atoms with Gasteiger partial charge in [-0.05, 0) is 31.1 Å². The Morgan fingerprint density at radius 3 is 2.84 bits per heavy atom. The van der Waals surface area contributed by atoms with E-state index in [0.29, 0.717) is 23.7 Å². The fraction of sp³-hybridized carbons (Fsp3) is 0.615. The zero-order valence-corrected chi connectivity index (χ0v) is 10.8. The predicted molar refractivity (Wildman–Crippen MR) is 70.3 cm³/mol. The highest BCUT2D eigenvalue weighted by Gasteiger charge is 2.40. The molecule has 6 nitrogen and oxygen atoms in total. The first-order valence-corrected chi connectivity index (χ1v) is 6.63. The maximum absolute atomic E-state index is 11.0. The summed E-state index contributed by atoms with van der Waals surface area (Å²) in [6.45, 7) is 0. The molecule has 2 aliphatic carbocycles. The minimum Gasteiger partial charge on any atom is -0.481 e. The van der Waals surface area contributed by atoms with E-state index in [4.69, 9.17) is 4.74 Å². The van der Waals surface area contributed by atoms with Gasteiger partial charge in [0.2, 0.25) is 11.7 Å². The standard InChI is InChI=1S/C13H17N3O3/c1-19-12-5-4-11(16(17)18)13(15-12)14-10-7-8-2-3-9(10)6-8/h4-5,8-10H,2-3,6-7H2,1H3,(H,14,15). The summed E-state index contributed by atoms with van der Waals surface area (Å²) in [6, 6.07) is 3.28. The van der Waals surface area contributed by atoms with Crippen molar-refractivity contribution < 1.29 is 9.66 Å². The smallest absolute Gasteiger partial charge is 0.311 e. The third-order valence-electron chi connectivity index (χ3n) is 4.31. The molecule has 19 heavy (non-hydrogen) atoms. The quantitative estimate of drug-likeness (QED) is 0.667. The number of nitrogens with zero attached hydrogens (tertiary/aromatic N) is 2. The lowest BCUT2D eigenvalue weighted by molar-refractivity contribution is -0.384. The van der Waals surface area contributed by atoms with E-state index in [1.54, 1.807) is 0 Å². The maximum atomic E-state index is 11.0. The molecule has 0 spiro atoms. The molecule has 1 aromatic heterocycles. The van der Waals surface area contributed by atoms with Crippen LogP contribution in [0.25, 0.3) is 0 Å². The highest BCUT2D eigenvalue weighted by Crippen LogP contribution is 2.46. The van der Waals surface area contributed by atoms with Crippen molar-refractivity contribution in [3.05, 3.63) is 22.2 Å². The molecule has 3 rings (SSSR count). The first kappa shape index (κ1) is 12.2. The van der Waals surface area contributed by atoms with Gasteiger partial charge < -0.3 is 10.1 Å². The van der Waals surface area contributed by atoms with E-state index < -0.39 is 4.92 Å². The summed E-state index contributed by atoms with van der Waals surface area (Å²) < 4.78 is 5.04. The minimum atomic E-state index is -0.401. The van der Waals surface area contributed by atoms with Crippen molar-refractivity contribution in [2.45, 2.75) is 31.7 Å². The number of pyridine rings is 1. The van der Waals surface area contributed by atoms with Crippen molar-refractivity contribution in [1.82, 2.24) is 4.98 Å². The summed E-state index contributed by atoms with van der Waals surface area (Å²) >= 11 is 0. The lowest BCUT2D eigenvalue weighted by Crippen LogP contribution is -2.26. The van der Waals surface area contributed by atoms with Crippen LogP contribution in [0.3, 0.4) is 0 Å². The average Bonchev–Trinajstić information content (AvgIpc) is 3.00. The molecule has 3 unspecified atom stereocenters. The molecule has 2 saturated carbocycles. The van der Waals surface area contributed by atoms with E-state index in [9.17, 15) is 10.1 Å². The Morgan fingerprint density at radius 1 is 1.42 bits per heavy atom. The highest BCUT2D eigenvalue weighted by atomic mass is 16.6. The number of aromatic nitrogens is 1. The van der Waals surface area contributed by atoms with Crippen LogP contribution in [0.1, 0.15) is 25.7 Å². The van der Waals surface area contributed by atoms with Crippen molar-refractivity contribution >= 4 is 11.5 Å². The van der Waals surface area contributed by atoms with E-state index in [0.717, 1.165) is 12.3 Å². The van der Waals surface area contributed by atoms with Crippen molar-refractivity contribution in [3.8, 4) is 5.88 Å². The Hall–Kier alpha value is -1.85. The topological polar surface area (TPSA) is 77.3 Å². The molecular formula is C13H17N3O3. The Kier molecular flexibility index (Phi) is 3.00. The van der Waals surface area contributed by atoms with Gasteiger partial charge in [-0.2, -0.15) is 4.98 Å². The molecule has 2 aliphatic rings. The second-order valence-electron chi connectivity index (χ2n) is 5.40. The summed E-state index contributed by atoms with van der Waals surface area (Å²) in [5, 5.41) is 14.3. The zero-order chi connectivity index (χ0) is 13.4. The van der Waals surface area contributed by atoms with Gasteiger partial charge in [0.25, 0.3) is 0 Å². The van der Waals surface area contributed by atoms with Crippen molar-refractivity contribution in [1.29, 1.82) is 0 Å². The largest absolute Gasteiger partial charge is 0.481 e. The lowest BCUT2D eigenvalue weighted by atomic mass is 9.95. The zero-order valence-electron chi connectivity index (χ0n) is 10.8. The van der Waals surface area contributed by atoms with Gasteiger partial charge in [0.1, 0.15) is 0 Å². The van der Waals surface area contributed by atoms with Crippen LogP contribution < -0.4 is 10.1 Å². The highest BCUT2D eigenvalue weighted by molar-refractivity contribution is 5.57. The maximum Gasteiger partial charge on any atom is 0.311 e. The van der Waals surface area contributed by atoms with Gasteiger partial charge in [0, 0.05) is 18.2 Å². The van der Waals surface area contributed by atoms with Gasteiger partial charge in [0.15, 0.2) is 0 Å². The number of nitrogens with one attached hydrogen (secondary N) is 1. The summed E-state index contributed by atoms with van der Waals surface area (Å²) in [7, 11) is 1.51. The Labute approximate surface area is 111 Å². The molecule has 2 fully saturated rings. The lowest BCUT2D eigenvalue weighted by Gasteiger charge is -2.23. The van der Waals surface area contributed by atoms with E-state index in [1.807, 2.05) is 0 Å². The number of hydrogen-bond acceptors (Lipinski definition) is 5. The van der Waals surface area contributed by atoms with Gasteiger partial charge >= 0.3 is 5.69 Å². The van der Waals surface area contributed by atoms with E-state index in [-0.39, 0.29) is 5.69 Å². The van der Waals surface area contributed by atoms with Crippen LogP contribution in [0.5, 0.6) is 5.88 Å². The van der Waals surface area contributed by atoms with Crippen LogP contribution in [0.4, 0.5) is 11.5 Å². The molecule has 1 N–H and O–H groups in total.